The Morgan fingerprint density at radius 1 is 1.44 bits per heavy atom. The van der Waals surface area contributed by atoms with Crippen molar-refractivity contribution in [2.45, 2.75) is 25.6 Å². The maximum atomic E-state index is 5.33. The highest BCUT2D eigenvalue weighted by molar-refractivity contribution is 4.67. The van der Waals surface area contributed by atoms with Gasteiger partial charge in [-0.05, 0) is 20.3 Å². The molecule has 0 unspecified atom stereocenters. The molecule has 1 fully saturated rings. The maximum Gasteiger partial charge on any atom is 0.165 e. The van der Waals surface area contributed by atoms with Gasteiger partial charge in [-0.25, -0.2) is 0 Å². The summed E-state index contributed by atoms with van der Waals surface area (Å²) in [4.78, 5) is 0. The zero-order valence-corrected chi connectivity index (χ0v) is 5.85. The van der Waals surface area contributed by atoms with Gasteiger partial charge in [0.1, 0.15) is 0 Å². The predicted octanol–water partition coefficient (Wildman–Crippen LogP) is 1.36. The van der Waals surface area contributed by atoms with E-state index in [0.717, 1.165) is 19.6 Å². The van der Waals surface area contributed by atoms with Crippen molar-refractivity contribution in [3.63, 3.8) is 0 Å². The van der Waals surface area contributed by atoms with Gasteiger partial charge in [0.25, 0.3) is 0 Å². The van der Waals surface area contributed by atoms with Crippen LogP contribution in [0.5, 0.6) is 0 Å². The predicted molar refractivity (Wildman–Crippen MR) is 34.9 cm³/mol. The van der Waals surface area contributed by atoms with Gasteiger partial charge in [0.15, 0.2) is 5.79 Å². The molecule has 9 heavy (non-hydrogen) atoms. The standard InChI is InChI=1S/C7H13O2/c1-3-7(2)8-5-4-6-9-7/h1,3-6H2,2H3. The summed E-state index contributed by atoms with van der Waals surface area (Å²) in [6.45, 7) is 7.28. The highest BCUT2D eigenvalue weighted by Gasteiger charge is 2.25. The molecule has 2 heteroatoms. The van der Waals surface area contributed by atoms with Crippen molar-refractivity contribution < 1.29 is 9.47 Å². The summed E-state index contributed by atoms with van der Waals surface area (Å²) in [7, 11) is 0. The first kappa shape index (κ1) is 7.03. The Morgan fingerprint density at radius 3 is 2.33 bits per heavy atom. The van der Waals surface area contributed by atoms with Gasteiger partial charge in [-0.2, -0.15) is 0 Å². The van der Waals surface area contributed by atoms with E-state index in [-0.39, 0.29) is 0 Å². The molecule has 2 nitrogen and oxygen atoms in total. The van der Waals surface area contributed by atoms with Crippen LogP contribution in [-0.2, 0) is 9.47 Å². The van der Waals surface area contributed by atoms with Gasteiger partial charge in [-0.3, -0.25) is 0 Å². The fourth-order valence-corrected chi connectivity index (χ4v) is 0.821. The molecule has 0 aromatic heterocycles. The molecule has 0 atom stereocenters. The second kappa shape index (κ2) is 2.67. The van der Waals surface area contributed by atoms with Crippen LogP contribution in [-0.4, -0.2) is 19.0 Å². The first-order valence-electron chi connectivity index (χ1n) is 3.34. The van der Waals surface area contributed by atoms with E-state index in [2.05, 4.69) is 6.92 Å². The van der Waals surface area contributed by atoms with Gasteiger partial charge in [-0.1, -0.05) is 0 Å². The Balaban J connectivity index is 2.37. The van der Waals surface area contributed by atoms with Crippen molar-refractivity contribution in [2.75, 3.05) is 13.2 Å². The van der Waals surface area contributed by atoms with Gasteiger partial charge < -0.3 is 9.47 Å². The molecule has 0 amide bonds. The normalized spacial score (nSPS) is 26.0. The van der Waals surface area contributed by atoms with Crippen LogP contribution in [0.3, 0.4) is 0 Å². The number of hydrogen-bond donors (Lipinski definition) is 0. The van der Waals surface area contributed by atoms with E-state index in [0.29, 0.717) is 6.42 Å². The molecule has 0 aliphatic carbocycles. The molecule has 0 saturated carbocycles. The fourth-order valence-electron chi connectivity index (χ4n) is 0.821. The van der Waals surface area contributed by atoms with E-state index in [4.69, 9.17) is 9.47 Å². The smallest absolute Gasteiger partial charge is 0.165 e. The highest BCUT2D eigenvalue weighted by Crippen LogP contribution is 2.20. The van der Waals surface area contributed by atoms with Crippen LogP contribution in [0.15, 0.2) is 0 Å². The lowest BCUT2D eigenvalue weighted by Gasteiger charge is -2.32. The van der Waals surface area contributed by atoms with E-state index in [1.807, 2.05) is 6.92 Å². The van der Waals surface area contributed by atoms with Crippen LogP contribution in [0, 0.1) is 6.92 Å². The summed E-state index contributed by atoms with van der Waals surface area (Å²) >= 11 is 0. The second-order valence-electron chi connectivity index (χ2n) is 2.43. The van der Waals surface area contributed by atoms with E-state index in [1.165, 1.54) is 0 Å². The minimum Gasteiger partial charge on any atom is -0.350 e. The summed E-state index contributed by atoms with van der Waals surface area (Å²) in [5, 5.41) is 0. The van der Waals surface area contributed by atoms with Crippen molar-refractivity contribution in [2.24, 2.45) is 0 Å². The first-order valence-corrected chi connectivity index (χ1v) is 3.34. The summed E-state index contributed by atoms with van der Waals surface area (Å²) in [6.07, 6.45) is 1.70. The van der Waals surface area contributed by atoms with Crippen LogP contribution in [0.25, 0.3) is 0 Å². The highest BCUT2D eigenvalue weighted by atomic mass is 16.7. The summed E-state index contributed by atoms with van der Waals surface area (Å²) in [5.74, 6) is -0.391. The van der Waals surface area contributed by atoms with Gasteiger partial charge in [0.2, 0.25) is 0 Å². The molecule has 0 aromatic carbocycles. The summed E-state index contributed by atoms with van der Waals surface area (Å²) < 4.78 is 10.7. The van der Waals surface area contributed by atoms with E-state index in [9.17, 15) is 0 Å². The fraction of sp³-hybridized carbons (Fsp3) is 0.857. The first-order chi connectivity index (χ1) is 4.27. The lowest BCUT2D eigenvalue weighted by atomic mass is 10.2. The summed E-state index contributed by atoms with van der Waals surface area (Å²) in [5.41, 5.74) is 0. The van der Waals surface area contributed by atoms with Crippen LogP contribution in [0.1, 0.15) is 19.8 Å². The van der Waals surface area contributed by atoms with Gasteiger partial charge >= 0.3 is 0 Å². The molecule has 1 rings (SSSR count). The van der Waals surface area contributed by atoms with Crippen molar-refractivity contribution in [3.05, 3.63) is 6.92 Å². The monoisotopic (exact) mass is 129 g/mol. The van der Waals surface area contributed by atoms with Crippen LogP contribution >= 0.6 is 0 Å². The molecular formula is C7H13O2. The Bertz CT molecular complexity index is 84.9. The average Bonchev–Trinajstić information content (AvgIpc) is 1.90. The van der Waals surface area contributed by atoms with Crippen LogP contribution in [0.2, 0.25) is 0 Å². The van der Waals surface area contributed by atoms with E-state index < -0.39 is 5.79 Å². The number of rotatable bonds is 1. The average molecular weight is 129 g/mol. The van der Waals surface area contributed by atoms with Crippen LogP contribution in [0.4, 0.5) is 0 Å². The molecule has 0 spiro atoms. The van der Waals surface area contributed by atoms with E-state index >= 15 is 0 Å². The molecule has 1 radical (unpaired) electrons. The Hall–Kier alpha value is -0.0800. The Kier molecular flexibility index (Phi) is 2.09. The lowest BCUT2D eigenvalue weighted by Crippen LogP contribution is -2.36. The van der Waals surface area contributed by atoms with Crippen molar-refractivity contribution >= 4 is 0 Å². The third-order valence-corrected chi connectivity index (χ3v) is 1.56. The minimum absolute atomic E-state index is 0.391. The molecule has 1 heterocycles. The topological polar surface area (TPSA) is 18.5 Å². The molecule has 0 N–H and O–H groups in total. The largest absolute Gasteiger partial charge is 0.350 e. The third-order valence-electron chi connectivity index (χ3n) is 1.56. The molecular weight excluding hydrogens is 116 g/mol. The third kappa shape index (κ3) is 1.66. The maximum absolute atomic E-state index is 5.33. The lowest BCUT2D eigenvalue weighted by molar-refractivity contribution is -0.253. The Labute approximate surface area is 56.2 Å². The van der Waals surface area contributed by atoms with Gasteiger partial charge in [0.05, 0.1) is 13.2 Å². The second-order valence-corrected chi connectivity index (χ2v) is 2.43. The van der Waals surface area contributed by atoms with E-state index in [1.54, 1.807) is 0 Å². The number of ether oxygens (including phenoxy) is 2. The molecule has 1 aliphatic rings. The van der Waals surface area contributed by atoms with Crippen molar-refractivity contribution in [1.29, 1.82) is 0 Å². The SMILES string of the molecule is [CH2]CC1(C)OCCCO1. The zero-order chi connectivity index (χ0) is 6.74. The van der Waals surface area contributed by atoms with Crippen LogP contribution < -0.4 is 0 Å². The minimum atomic E-state index is -0.391. The zero-order valence-electron chi connectivity index (χ0n) is 5.85. The molecule has 0 aromatic rings. The summed E-state index contributed by atoms with van der Waals surface area (Å²) in [6, 6.07) is 0. The molecule has 1 aliphatic heterocycles. The van der Waals surface area contributed by atoms with Crippen molar-refractivity contribution in [3.8, 4) is 0 Å². The Morgan fingerprint density at radius 2 is 2.00 bits per heavy atom. The van der Waals surface area contributed by atoms with Gasteiger partial charge in [-0.15, -0.1) is 0 Å². The number of hydrogen-bond acceptors (Lipinski definition) is 2. The van der Waals surface area contributed by atoms with Crippen molar-refractivity contribution in [1.82, 2.24) is 0 Å². The van der Waals surface area contributed by atoms with Gasteiger partial charge in [0, 0.05) is 6.42 Å². The molecule has 1 saturated heterocycles. The quantitative estimate of drug-likeness (QED) is 0.532. The molecule has 53 valence electrons. The molecule has 0 bridgehead atoms.